The third-order valence-electron chi connectivity index (χ3n) is 5.14. The number of methoxy groups -OCH3 is 1. The zero-order valence-electron chi connectivity index (χ0n) is 18.2. The van der Waals surface area contributed by atoms with Crippen molar-refractivity contribution < 1.29 is 35.9 Å². The summed E-state index contributed by atoms with van der Waals surface area (Å²) in [5, 5.41) is 3.49. The number of sulfonamides is 1. The van der Waals surface area contributed by atoms with Crippen LogP contribution in [0.3, 0.4) is 0 Å². The summed E-state index contributed by atoms with van der Waals surface area (Å²) in [5.41, 5.74) is -0.823. The van der Waals surface area contributed by atoms with Crippen LogP contribution in [0.5, 0.6) is 11.6 Å². The quantitative estimate of drug-likeness (QED) is 0.514. The van der Waals surface area contributed by atoms with Crippen molar-refractivity contribution in [2.45, 2.75) is 30.8 Å². The standard InChI is InChI=1S/C21H19F3N4O5S/c1-12(2)14-8-13(32-3)9-15-19(14)20(29)27(34(15,30)31)11-33-18-10-16(21(22,23)24)26-28(18)17-6-4-5-7-25-17/h4-10,12H,11H2,1-3H3. The van der Waals surface area contributed by atoms with Gasteiger partial charge in [0.1, 0.15) is 10.6 Å². The molecule has 1 aliphatic heterocycles. The van der Waals surface area contributed by atoms with Gasteiger partial charge in [-0.2, -0.15) is 27.3 Å². The second kappa shape index (κ2) is 8.31. The number of pyridine rings is 1. The maximum atomic E-state index is 13.3. The van der Waals surface area contributed by atoms with Crippen molar-refractivity contribution in [3.05, 3.63) is 59.4 Å². The molecule has 1 amide bonds. The number of halogens is 3. The van der Waals surface area contributed by atoms with Crippen molar-refractivity contribution in [1.29, 1.82) is 0 Å². The average molecular weight is 496 g/mol. The molecule has 1 aromatic carbocycles. The predicted molar refractivity (Wildman–Crippen MR) is 112 cm³/mol. The molecule has 9 nitrogen and oxygen atoms in total. The van der Waals surface area contributed by atoms with Gasteiger partial charge >= 0.3 is 6.18 Å². The van der Waals surface area contributed by atoms with Crippen LogP contribution in [0.4, 0.5) is 13.2 Å². The van der Waals surface area contributed by atoms with Gasteiger partial charge in [0.25, 0.3) is 15.9 Å². The molecule has 0 spiro atoms. The Balaban J connectivity index is 1.72. The van der Waals surface area contributed by atoms with E-state index in [1.807, 2.05) is 0 Å². The van der Waals surface area contributed by atoms with E-state index in [4.69, 9.17) is 9.47 Å². The van der Waals surface area contributed by atoms with Gasteiger partial charge in [-0.05, 0) is 29.7 Å². The number of hydrogen-bond donors (Lipinski definition) is 0. The third kappa shape index (κ3) is 3.95. The maximum absolute atomic E-state index is 13.3. The second-order valence-electron chi connectivity index (χ2n) is 7.64. The molecule has 13 heteroatoms. The number of carbonyl (C=O) groups is 1. The first-order valence-electron chi connectivity index (χ1n) is 9.95. The van der Waals surface area contributed by atoms with Gasteiger partial charge in [-0.3, -0.25) is 4.79 Å². The Morgan fingerprint density at radius 3 is 2.47 bits per heavy atom. The van der Waals surface area contributed by atoms with Crippen LogP contribution in [0.1, 0.15) is 41.4 Å². The minimum Gasteiger partial charge on any atom is -0.497 e. The van der Waals surface area contributed by atoms with Gasteiger partial charge in [0.15, 0.2) is 18.2 Å². The zero-order valence-corrected chi connectivity index (χ0v) is 19.0. The van der Waals surface area contributed by atoms with Crippen LogP contribution in [0.25, 0.3) is 5.82 Å². The fourth-order valence-corrected chi connectivity index (χ4v) is 4.94. The van der Waals surface area contributed by atoms with Crippen LogP contribution in [-0.2, 0) is 16.2 Å². The van der Waals surface area contributed by atoms with Gasteiger partial charge in [0.2, 0.25) is 5.88 Å². The van der Waals surface area contributed by atoms with E-state index < -0.39 is 40.4 Å². The molecule has 0 aliphatic carbocycles. The number of rotatable bonds is 6. The fourth-order valence-electron chi connectivity index (χ4n) is 3.47. The van der Waals surface area contributed by atoms with Crippen molar-refractivity contribution >= 4 is 15.9 Å². The predicted octanol–water partition coefficient (Wildman–Crippen LogP) is 3.60. The van der Waals surface area contributed by atoms with Crippen molar-refractivity contribution in [3.8, 4) is 17.4 Å². The fraction of sp³-hybridized carbons (Fsp3) is 0.286. The molecule has 180 valence electrons. The smallest absolute Gasteiger partial charge is 0.435 e. The number of aromatic nitrogens is 3. The molecule has 0 N–H and O–H groups in total. The molecule has 1 aliphatic rings. The Hall–Kier alpha value is -3.61. The highest BCUT2D eigenvalue weighted by Gasteiger charge is 2.44. The van der Waals surface area contributed by atoms with E-state index in [9.17, 15) is 26.4 Å². The summed E-state index contributed by atoms with van der Waals surface area (Å²) < 4.78 is 77.9. The Morgan fingerprint density at radius 2 is 1.88 bits per heavy atom. The summed E-state index contributed by atoms with van der Waals surface area (Å²) in [6.45, 7) is 2.71. The molecule has 34 heavy (non-hydrogen) atoms. The lowest BCUT2D eigenvalue weighted by Crippen LogP contribution is -2.34. The molecule has 0 unspecified atom stereocenters. The van der Waals surface area contributed by atoms with Crippen molar-refractivity contribution in [1.82, 2.24) is 19.1 Å². The number of carbonyl (C=O) groups excluding carboxylic acids is 1. The number of ether oxygens (including phenoxy) is 2. The first kappa shape index (κ1) is 23.5. The normalized spacial score (nSPS) is 15.0. The monoisotopic (exact) mass is 496 g/mol. The van der Waals surface area contributed by atoms with E-state index in [1.54, 1.807) is 26.0 Å². The van der Waals surface area contributed by atoms with Gasteiger partial charge in [0, 0.05) is 18.3 Å². The third-order valence-corrected chi connectivity index (χ3v) is 6.86. The lowest BCUT2D eigenvalue weighted by molar-refractivity contribution is -0.141. The molecule has 2 aromatic heterocycles. The summed E-state index contributed by atoms with van der Waals surface area (Å²) in [6.07, 6.45) is -3.44. The Bertz CT molecular complexity index is 1350. The number of benzene rings is 1. The number of alkyl halides is 3. The highest BCUT2D eigenvalue weighted by atomic mass is 32.2. The Labute approximate surface area is 192 Å². The van der Waals surface area contributed by atoms with E-state index in [0.717, 1.165) is 4.68 Å². The molecule has 0 saturated heterocycles. The molecule has 3 aromatic rings. The van der Waals surface area contributed by atoms with Crippen LogP contribution in [0, 0.1) is 0 Å². The number of hydrogen-bond acceptors (Lipinski definition) is 7. The van der Waals surface area contributed by atoms with Crippen LogP contribution >= 0.6 is 0 Å². The van der Waals surface area contributed by atoms with E-state index in [-0.39, 0.29) is 27.9 Å². The van der Waals surface area contributed by atoms with Crippen molar-refractivity contribution in [2.24, 2.45) is 0 Å². The molecule has 4 rings (SSSR count). The average Bonchev–Trinajstić information content (AvgIpc) is 3.30. The van der Waals surface area contributed by atoms with Gasteiger partial charge in [-0.25, -0.2) is 13.4 Å². The SMILES string of the molecule is COc1cc(C(C)C)c2c(c1)S(=O)(=O)N(COc1cc(C(F)(F)F)nn1-c1ccccn1)C2=O. The Kier molecular flexibility index (Phi) is 5.75. The van der Waals surface area contributed by atoms with Gasteiger partial charge in [-0.15, -0.1) is 0 Å². The van der Waals surface area contributed by atoms with Crippen LogP contribution < -0.4 is 9.47 Å². The van der Waals surface area contributed by atoms with E-state index in [2.05, 4.69) is 10.1 Å². The molecular formula is C21H19F3N4O5S. The molecule has 3 heterocycles. The molecule has 0 radical (unpaired) electrons. The summed E-state index contributed by atoms with van der Waals surface area (Å²) in [5.74, 6) is -1.22. The largest absolute Gasteiger partial charge is 0.497 e. The molecular weight excluding hydrogens is 477 g/mol. The zero-order chi connectivity index (χ0) is 24.8. The summed E-state index contributed by atoms with van der Waals surface area (Å²) in [4.78, 5) is 16.8. The summed E-state index contributed by atoms with van der Waals surface area (Å²) >= 11 is 0. The first-order chi connectivity index (χ1) is 15.9. The maximum Gasteiger partial charge on any atom is 0.435 e. The minimum atomic E-state index is -4.79. The topological polar surface area (TPSA) is 104 Å². The van der Waals surface area contributed by atoms with E-state index in [0.29, 0.717) is 15.9 Å². The highest BCUT2D eigenvalue weighted by molar-refractivity contribution is 7.90. The number of amides is 1. The lowest BCUT2D eigenvalue weighted by Gasteiger charge is -2.16. The molecule has 0 saturated carbocycles. The van der Waals surface area contributed by atoms with Crippen LogP contribution in [-0.4, -0.2) is 47.2 Å². The van der Waals surface area contributed by atoms with Crippen LogP contribution in [0.2, 0.25) is 0 Å². The number of nitrogens with zero attached hydrogens (tertiary/aromatic N) is 4. The van der Waals surface area contributed by atoms with Gasteiger partial charge < -0.3 is 9.47 Å². The second-order valence-corrected chi connectivity index (χ2v) is 9.47. The van der Waals surface area contributed by atoms with Crippen molar-refractivity contribution in [3.63, 3.8) is 0 Å². The van der Waals surface area contributed by atoms with E-state index >= 15 is 0 Å². The summed E-state index contributed by atoms with van der Waals surface area (Å²) in [6, 6.07) is 7.91. The van der Waals surface area contributed by atoms with Crippen LogP contribution in [0.15, 0.2) is 47.5 Å². The van der Waals surface area contributed by atoms with Gasteiger partial charge in [0.05, 0.1) is 12.7 Å². The highest BCUT2D eigenvalue weighted by Crippen LogP contribution is 2.39. The number of fused-ring (bicyclic) bond motifs is 1. The van der Waals surface area contributed by atoms with E-state index in [1.165, 1.54) is 31.5 Å². The summed E-state index contributed by atoms with van der Waals surface area (Å²) in [7, 11) is -2.97. The Morgan fingerprint density at radius 1 is 1.15 bits per heavy atom. The van der Waals surface area contributed by atoms with Gasteiger partial charge in [-0.1, -0.05) is 19.9 Å². The lowest BCUT2D eigenvalue weighted by atomic mass is 9.96. The minimum absolute atomic E-state index is 0.0127. The molecule has 0 atom stereocenters. The first-order valence-corrected chi connectivity index (χ1v) is 11.4. The van der Waals surface area contributed by atoms with Crippen molar-refractivity contribution in [2.75, 3.05) is 13.8 Å². The molecule has 0 bridgehead atoms. The molecule has 0 fully saturated rings.